The van der Waals surface area contributed by atoms with Crippen LogP contribution in [0.3, 0.4) is 0 Å². The summed E-state index contributed by atoms with van der Waals surface area (Å²) in [5.41, 5.74) is 1.17. The number of oxazole rings is 1. The van der Waals surface area contributed by atoms with Gasteiger partial charge in [0.05, 0.1) is 5.69 Å². The monoisotopic (exact) mass is 153 g/mol. The molecule has 1 heterocycles. The quantitative estimate of drug-likeness (QED) is 0.619. The molecule has 11 heavy (non-hydrogen) atoms. The third-order valence-corrected chi connectivity index (χ3v) is 1.66. The van der Waals surface area contributed by atoms with E-state index in [0.29, 0.717) is 0 Å². The minimum Gasteiger partial charge on any atom is -0.448 e. The Balaban J connectivity index is 3.02. The maximum absolute atomic E-state index is 5.31. The van der Waals surface area contributed by atoms with Crippen LogP contribution in [0.15, 0.2) is 10.8 Å². The summed E-state index contributed by atoms with van der Waals surface area (Å²) in [5.74, 6) is 1.01. The van der Waals surface area contributed by atoms with Gasteiger partial charge in [-0.2, -0.15) is 0 Å². The van der Waals surface area contributed by atoms with Crippen LogP contribution in [-0.2, 0) is 11.8 Å². The van der Waals surface area contributed by atoms with Crippen molar-refractivity contribution in [1.29, 1.82) is 0 Å². The molecular weight excluding hydrogens is 138 g/mol. The van der Waals surface area contributed by atoms with E-state index in [4.69, 9.17) is 4.42 Å². The molecule has 0 spiro atoms. The van der Waals surface area contributed by atoms with Crippen LogP contribution in [0, 0.1) is 0 Å². The molecule has 0 aromatic carbocycles. The molecule has 0 radical (unpaired) electrons. The molecule has 0 aliphatic heterocycles. The maximum atomic E-state index is 5.31. The summed E-state index contributed by atoms with van der Waals surface area (Å²) in [5, 5.41) is 0. The molecule has 0 saturated heterocycles. The molecule has 0 N–H and O–H groups in total. The van der Waals surface area contributed by atoms with Crippen molar-refractivity contribution in [2.45, 2.75) is 39.5 Å². The summed E-state index contributed by atoms with van der Waals surface area (Å²) in [4.78, 5) is 4.13. The van der Waals surface area contributed by atoms with Crippen LogP contribution in [-0.4, -0.2) is 4.98 Å². The van der Waals surface area contributed by atoms with Crippen molar-refractivity contribution in [3.05, 3.63) is 17.8 Å². The number of nitrogens with zero attached hydrogens (tertiary/aromatic N) is 1. The van der Waals surface area contributed by atoms with E-state index in [1.807, 2.05) is 0 Å². The van der Waals surface area contributed by atoms with Crippen LogP contribution in [0.2, 0.25) is 0 Å². The van der Waals surface area contributed by atoms with Gasteiger partial charge in [-0.05, 0) is 6.42 Å². The normalized spacial score (nSPS) is 12.0. The SMILES string of the molecule is CCc1ncoc1C(C)(C)C. The van der Waals surface area contributed by atoms with E-state index >= 15 is 0 Å². The number of aromatic nitrogens is 1. The van der Waals surface area contributed by atoms with E-state index in [1.54, 1.807) is 0 Å². The van der Waals surface area contributed by atoms with Gasteiger partial charge in [-0.25, -0.2) is 4.98 Å². The Morgan fingerprint density at radius 3 is 2.45 bits per heavy atom. The lowest BCUT2D eigenvalue weighted by Gasteiger charge is -2.15. The van der Waals surface area contributed by atoms with Crippen molar-refractivity contribution in [2.24, 2.45) is 0 Å². The molecular formula is C9H15NO. The van der Waals surface area contributed by atoms with Crippen LogP contribution in [0.1, 0.15) is 39.1 Å². The number of aryl methyl sites for hydroxylation is 1. The minimum atomic E-state index is 0.0852. The fourth-order valence-electron chi connectivity index (χ4n) is 1.13. The van der Waals surface area contributed by atoms with Crippen molar-refractivity contribution >= 4 is 0 Å². The zero-order chi connectivity index (χ0) is 8.48. The molecule has 2 heteroatoms. The van der Waals surface area contributed by atoms with Crippen molar-refractivity contribution < 1.29 is 4.42 Å². The molecule has 0 bridgehead atoms. The van der Waals surface area contributed by atoms with Gasteiger partial charge in [-0.3, -0.25) is 0 Å². The lowest BCUT2D eigenvalue weighted by atomic mass is 9.91. The highest BCUT2D eigenvalue weighted by molar-refractivity contribution is 5.15. The van der Waals surface area contributed by atoms with Crippen LogP contribution < -0.4 is 0 Å². The van der Waals surface area contributed by atoms with Crippen molar-refractivity contribution in [1.82, 2.24) is 4.98 Å². The zero-order valence-electron chi connectivity index (χ0n) is 7.64. The van der Waals surface area contributed by atoms with Crippen molar-refractivity contribution in [3.8, 4) is 0 Å². The standard InChI is InChI=1S/C9H15NO/c1-5-7-8(9(2,3)4)11-6-10-7/h6H,5H2,1-4H3. The summed E-state index contributed by atoms with van der Waals surface area (Å²) < 4.78 is 5.31. The smallest absolute Gasteiger partial charge is 0.181 e. The van der Waals surface area contributed by atoms with Gasteiger partial charge in [0.25, 0.3) is 0 Å². The van der Waals surface area contributed by atoms with Crippen LogP contribution in [0.4, 0.5) is 0 Å². The van der Waals surface area contributed by atoms with Crippen LogP contribution in [0.5, 0.6) is 0 Å². The van der Waals surface area contributed by atoms with Gasteiger partial charge in [0, 0.05) is 5.41 Å². The first-order chi connectivity index (χ1) is 5.05. The zero-order valence-corrected chi connectivity index (χ0v) is 7.64. The Morgan fingerprint density at radius 1 is 1.45 bits per heavy atom. The van der Waals surface area contributed by atoms with E-state index in [1.165, 1.54) is 6.39 Å². The molecule has 62 valence electrons. The Bertz CT molecular complexity index is 232. The molecule has 0 amide bonds. The third kappa shape index (κ3) is 1.62. The Kier molecular flexibility index (Phi) is 2.03. The highest BCUT2D eigenvalue weighted by Crippen LogP contribution is 2.25. The second-order valence-corrected chi connectivity index (χ2v) is 3.73. The van der Waals surface area contributed by atoms with Crippen LogP contribution in [0.25, 0.3) is 0 Å². The summed E-state index contributed by atoms with van der Waals surface area (Å²) in [6.45, 7) is 8.49. The highest BCUT2D eigenvalue weighted by atomic mass is 16.3. The minimum absolute atomic E-state index is 0.0852. The molecule has 0 saturated carbocycles. The molecule has 0 unspecified atom stereocenters. The van der Waals surface area contributed by atoms with Gasteiger partial charge >= 0.3 is 0 Å². The van der Waals surface area contributed by atoms with E-state index in [2.05, 4.69) is 32.7 Å². The maximum Gasteiger partial charge on any atom is 0.181 e. The predicted molar refractivity (Wildman–Crippen MR) is 44.6 cm³/mol. The molecule has 1 rings (SSSR count). The van der Waals surface area contributed by atoms with Gasteiger partial charge in [0.2, 0.25) is 0 Å². The fraction of sp³-hybridized carbons (Fsp3) is 0.667. The summed E-state index contributed by atoms with van der Waals surface area (Å²) in [6.07, 6.45) is 2.47. The van der Waals surface area contributed by atoms with Gasteiger partial charge in [0.1, 0.15) is 5.76 Å². The van der Waals surface area contributed by atoms with Gasteiger partial charge in [0.15, 0.2) is 6.39 Å². The molecule has 0 aliphatic rings. The largest absolute Gasteiger partial charge is 0.448 e. The first-order valence-corrected chi connectivity index (χ1v) is 3.98. The van der Waals surface area contributed by atoms with Crippen molar-refractivity contribution in [3.63, 3.8) is 0 Å². The van der Waals surface area contributed by atoms with Gasteiger partial charge < -0.3 is 4.42 Å². The van der Waals surface area contributed by atoms with E-state index in [0.717, 1.165) is 17.9 Å². The Morgan fingerprint density at radius 2 is 2.09 bits per heavy atom. The number of rotatable bonds is 1. The number of hydrogen-bond donors (Lipinski definition) is 0. The lowest BCUT2D eigenvalue weighted by Crippen LogP contribution is -2.12. The van der Waals surface area contributed by atoms with Gasteiger partial charge in [-0.1, -0.05) is 27.7 Å². The summed E-state index contributed by atoms with van der Waals surface area (Å²) in [6, 6.07) is 0. The topological polar surface area (TPSA) is 26.0 Å². The second-order valence-electron chi connectivity index (χ2n) is 3.73. The van der Waals surface area contributed by atoms with E-state index < -0.39 is 0 Å². The van der Waals surface area contributed by atoms with Gasteiger partial charge in [-0.15, -0.1) is 0 Å². The molecule has 0 fully saturated rings. The first-order valence-electron chi connectivity index (χ1n) is 3.98. The average Bonchev–Trinajstić information content (AvgIpc) is 2.31. The summed E-state index contributed by atoms with van der Waals surface area (Å²) in [7, 11) is 0. The van der Waals surface area contributed by atoms with Crippen LogP contribution >= 0.6 is 0 Å². The Labute approximate surface area is 67.6 Å². The second kappa shape index (κ2) is 2.68. The lowest BCUT2D eigenvalue weighted by molar-refractivity contribution is 0.404. The molecule has 0 atom stereocenters. The Hall–Kier alpha value is -0.790. The molecule has 1 aromatic rings. The summed E-state index contributed by atoms with van der Waals surface area (Å²) >= 11 is 0. The van der Waals surface area contributed by atoms with Crippen molar-refractivity contribution in [2.75, 3.05) is 0 Å². The van der Waals surface area contributed by atoms with E-state index in [-0.39, 0.29) is 5.41 Å². The third-order valence-electron chi connectivity index (χ3n) is 1.66. The molecule has 0 aliphatic carbocycles. The first kappa shape index (κ1) is 8.31. The molecule has 1 aromatic heterocycles. The molecule has 2 nitrogen and oxygen atoms in total. The predicted octanol–water partition coefficient (Wildman–Crippen LogP) is 2.53. The van der Waals surface area contributed by atoms with E-state index in [9.17, 15) is 0 Å². The number of hydrogen-bond acceptors (Lipinski definition) is 2. The average molecular weight is 153 g/mol. The highest BCUT2D eigenvalue weighted by Gasteiger charge is 2.21. The fourth-order valence-corrected chi connectivity index (χ4v) is 1.13.